The molecule has 1 aliphatic carbocycles. The number of halogens is 1. The van der Waals surface area contributed by atoms with Crippen molar-refractivity contribution in [3.05, 3.63) is 45.0 Å². The van der Waals surface area contributed by atoms with Crippen LogP contribution in [0.15, 0.2) is 28.7 Å². The van der Waals surface area contributed by atoms with Gasteiger partial charge in [-0.2, -0.15) is 0 Å². The molecular weight excluding hydrogens is 474 g/mol. The van der Waals surface area contributed by atoms with Crippen molar-refractivity contribution in [2.75, 3.05) is 36.4 Å². The lowest BCUT2D eigenvalue weighted by atomic mass is 9.97. The summed E-state index contributed by atoms with van der Waals surface area (Å²) in [6.45, 7) is 5.05. The monoisotopic (exact) mass is 499 g/mol. The molecule has 3 aromatic rings. The number of carbonyl (C=O) groups excluding carboxylic acids is 1. The molecule has 0 radical (unpaired) electrons. The minimum absolute atomic E-state index is 0.0445. The summed E-state index contributed by atoms with van der Waals surface area (Å²) in [5.41, 5.74) is 2.28. The maximum atomic E-state index is 12.7. The summed E-state index contributed by atoms with van der Waals surface area (Å²) >= 11 is 5.29. The minimum atomic E-state index is -0.0445. The van der Waals surface area contributed by atoms with E-state index in [1.165, 1.54) is 35.1 Å². The number of hydrogen-bond donors (Lipinski definition) is 1. The number of aryl methyl sites for hydroxylation is 3. The first-order valence-electron chi connectivity index (χ1n) is 11.0. The summed E-state index contributed by atoms with van der Waals surface area (Å²) in [5, 5.41) is 4.27. The topological polar surface area (TPSA) is 61.4 Å². The Balaban J connectivity index is 1.34. The van der Waals surface area contributed by atoms with Crippen molar-refractivity contribution in [2.45, 2.75) is 39.0 Å². The zero-order valence-electron chi connectivity index (χ0n) is 17.7. The molecule has 1 aliphatic heterocycles. The zero-order valence-corrected chi connectivity index (χ0v) is 20.1. The van der Waals surface area contributed by atoms with E-state index in [2.05, 4.69) is 33.1 Å². The Morgan fingerprint density at radius 2 is 1.84 bits per heavy atom. The van der Waals surface area contributed by atoms with Crippen LogP contribution in [0.25, 0.3) is 10.2 Å². The predicted octanol–water partition coefficient (Wildman–Crippen LogP) is 5.25. The molecule has 0 unspecified atom stereocenters. The van der Waals surface area contributed by atoms with Crippen molar-refractivity contribution in [2.24, 2.45) is 0 Å². The molecule has 6 nitrogen and oxygen atoms in total. The molecule has 2 amide bonds. The number of piperazine rings is 1. The van der Waals surface area contributed by atoms with Crippen molar-refractivity contribution in [3.63, 3.8) is 0 Å². The standard InChI is InChI=1S/C23H26BrN5OS/c1-2-19-26-21(20-17-5-3-4-6-18(17)31-22(20)27-19)28-11-13-29(14-12-28)23(30)25-16-9-7-15(24)8-10-16/h7-10H,2-6,11-14H2,1H3,(H,25,30). The maximum Gasteiger partial charge on any atom is 0.321 e. The van der Waals surface area contributed by atoms with E-state index in [0.29, 0.717) is 13.1 Å². The largest absolute Gasteiger partial charge is 0.352 e. The normalized spacial score (nSPS) is 16.5. The number of fused-ring (bicyclic) bond motifs is 3. The molecule has 31 heavy (non-hydrogen) atoms. The number of amides is 2. The van der Waals surface area contributed by atoms with Gasteiger partial charge in [0.1, 0.15) is 16.5 Å². The van der Waals surface area contributed by atoms with E-state index >= 15 is 0 Å². The highest BCUT2D eigenvalue weighted by Gasteiger charge is 2.27. The Kier molecular flexibility index (Phi) is 5.84. The summed E-state index contributed by atoms with van der Waals surface area (Å²) in [7, 11) is 0. The van der Waals surface area contributed by atoms with Gasteiger partial charge < -0.3 is 15.1 Å². The SMILES string of the molecule is CCc1nc(N2CCN(C(=O)Nc3ccc(Br)cc3)CC2)c2c3c(sc2n1)CCCC3. The summed E-state index contributed by atoms with van der Waals surface area (Å²) in [6.07, 6.45) is 5.65. The fourth-order valence-corrected chi connectivity index (χ4v) is 5.96. The number of hydrogen-bond acceptors (Lipinski definition) is 5. The molecule has 3 heterocycles. The first-order chi connectivity index (χ1) is 15.1. The number of urea groups is 1. The number of carbonyl (C=O) groups is 1. The van der Waals surface area contributed by atoms with Gasteiger partial charge in [-0.05, 0) is 55.5 Å². The quantitative estimate of drug-likeness (QED) is 0.534. The second kappa shape index (κ2) is 8.74. The molecule has 0 bridgehead atoms. The third-order valence-corrected chi connectivity index (χ3v) is 7.83. The van der Waals surface area contributed by atoms with E-state index in [1.54, 1.807) is 0 Å². The van der Waals surface area contributed by atoms with Crippen molar-refractivity contribution < 1.29 is 4.79 Å². The van der Waals surface area contributed by atoms with Gasteiger partial charge in [-0.25, -0.2) is 14.8 Å². The molecule has 0 saturated carbocycles. The number of aromatic nitrogens is 2. The molecule has 5 rings (SSSR count). The molecule has 1 aromatic carbocycles. The average Bonchev–Trinajstić information content (AvgIpc) is 3.18. The fraction of sp³-hybridized carbons (Fsp3) is 0.435. The van der Waals surface area contributed by atoms with Crippen LogP contribution in [0.3, 0.4) is 0 Å². The third-order valence-electron chi connectivity index (χ3n) is 6.12. The Morgan fingerprint density at radius 3 is 2.58 bits per heavy atom. The van der Waals surface area contributed by atoms with Crippen LogP contribution in [-0.2, 0) is 19.3 Å². The molecule has 162 valence electrons. The molecular formula is C23H26BrN5OS. The summed E-state index contributed by atoms with van der Waals surface area (Å²) in [5.74, 6) is 1.99. The Morgan fingerprint density at radius 1 is 1.10 bits per heavy atom. The maximum absolute atomic E-state index is 12.7. The number of rotatable bonds is 3. The summed E-state index contributed by atoms with van der Waals surface area (Å²) < 4.78 is 0.998. The first kappa shape index (κ1) is 20.7. The number of benzene rings is 1. The van der Waals surface area contributed by atoms with E-state index < -0.39 is 0 Å². The number of nitrogens with one attached hydrogen (secondary N) is 1. The highest BCUT2D eigenvalue weighted by Crippen LogP contribution is 2.40. The zero-order chi connectivity index (χ0) is 21.4. The van der Waals surface area contributed by atoms with Crippen molar-refractivity contribution in [3.8, 4) is 0 Å². The van der Waals surface area contributed by atoms with Crippen LogP contribution in [-0.4, -0.2) is 47.1 Å². The molecule has 0 spiro atoms. The first-order valence-corrected chi connectivity index (χ1v) is 12.6. The minimum Gasteiger partial charge on any atom is -0.352 e. The lowest BCUT2D eigenvalue weighted by Crippen LogP contribution is -2.50. The van der Waals surface area contributed by atoms with Gasteiger partial charge in [-0.15, -0.1) is 11.3 Å². The van der Waals surface area contributed by atoms with Crippen LogP contribution >= 0.6 is 27.3 Å². The molecule has 1 N–H and O–H groups in total. The van der Waals surface area contributed by atoms with E-state index in [9.17, 15) is 4.79 Å². The van der Waals surface area contributed by atoms with Crippen LogP contribution in [0, 0.1) is 0 Å². The van der Waals surface area contributed by atoms with Gasteiger partial charge in [0.2, 0.25) is 0 Å². The van der Waals surface area contributed by atoms with Crippen molar-refractivity contribution in [1.29, 1.82) is 0 Å². The Labute approximate surface area is 194 Å². The summed E-state index contributed by atoms with van der Waals surface area (Å²) in [6, 6.07) is 7.63. The van der Waals surface area contributed by atoms with Crippen LogP contribution in [0.4, 0.5) is 16.3 Å². The second-order valence-corrected chi connectivity index (χ2v) is 10.1. The lowest BCUT2D eigenvalue weighted by molar-refractivity contribution is 0.208. The molecule has 0 atom stereocenters. The smallest absolute Gasteiger partial charge is 0.321 e. The van der Waals surface area contributed by atoms with E-state index in [0.717, 1.165) is 52.6 Å². The Bertz CT molecular complexity index is 1110. The molecule has 1 saturated heterocycles. The predicted molar refractivity (Wildman–Crippen MR) is 130 cm³/mol. The van der Waals surface area contributed by atoms with Gasteiger partial charge in [0.05, 0.1) is 5.39 Å². The van der Waals surface area contributed by atoms with Gasteiger partial charge in [-0.3, -0.25) is 0 Å². The van der Waals surface area contributed by atoms with E-state index in [-0.39, 0.29) is 6.03 Å². The third kappa shape index (κ3) is 4.15. The highest BCUT2D eigenvalue weighted by molar-refractivity contribution is 9.10. The molecule has 2 aromatic heterocycles. The highest BCUT2D eigenvalue weighted by atomic mass is 79.9. The van der Waals surface area contributed by atoms with Crippen LogP contribution in [0.2, 0.25) is 0 Å². The van der Waals surface area contributed by atoms with Crippen LogP contribution < -0.4 is 10.2 Å². The number of nitrogens with zero attached hydrogens (tertiary/aromatic N) is 4. The Hall–Kier alpha value is -2.19. The van der Waals surface area contributed by atoms with Gasteiger partial charge in [0.15, 0.2) is 0 Å². The van der Waals surface area contributed by atoms with E-state index in [1.807, 2.05) is 40.5 Å². The summed E-state index contributed by atoms with van der Waals surface area (Å²) in [4.78, 5) is 29.4. The van der Waals surface area contributed by atoms with Crippen LogP contribution in [0.5, 0.6) is 0 Å². The molecule has 2 aliphatic rings. The van der Waals surface area contributed by atoms with Gasteiger partial charge in [0, 0.05) is 47.6 Å². The van der Waals surface area contributed by atoms with Gasteiger partial charge in [-0.1, -0.05) is 22.9 Å². The van der Waals surface area contributed by atoms with Crippen molar-refractivity contribution in [1.82, 2.24) is 14.9 Å². The second-order valence-electron chi connectivity index (χ2n) is 8.12. The fourth-order valence-electron chi connectivity index (χ4n) is 4.43. The number of anilines is 2. The average molecular weight is 500 g/mol. The van der Waals surface area contributed by atoms with Gasteiger partial charge >= 0.3 is 6.03 Å². The van der Waals surface area contributed by atoms with Gasteiger partial charge in [0.25, 0.3) is 0 Å². The van der Waals surface area contributed by atoms with Crippen molar-refractivity contribution >= 4 is 55.0 Å². The lowest BCUT2D eigenvalue weighted by Gasteiger charge is -2.36. The van der Waals surface area contributed by atoms with E-state index in [4.69, 9.17) is 9.97 Å². The van der Waals surface area contributed by atoms with Crippen LogP contribution in [0.1, 0.15) is 36.0 Å². The number of thiophene rings is 1. The molecule has 8 heteroatoms. The molecule has 1 fully saturated rings.